The molecular weight excluding hydrogens is 366 g/mol. The van der Waals surface area contributed by atoms with Gasteiger partial charge in [0.15, 0.2) is 0 Å². The minimum Gasteiger partial charge on any atom is -0.497 e. The highest BCUT2D eigenvalue weighted by atomic mass is 16.5. The molecule has 1 saturated heterocycles. The monoisotopic (exact) mass is 395 g/mol. The van der Waals surface area contributed by atoms with Crippen molar-refractivity contribution < 1.29 is 14.3 Å². The van der Waals surface area contributed by atoms with Crippen LogP contribution >= 0.6 is 0 Å². The summed E-state index contributed by atoms with van der Waals surface area (Å²) in [4.78, 5) is 28.7. The average molecular weight is 396 g/mol. The molecule has 1 N–H and O–H groups in total. The van der Waals surface area contributed by atoms with Gasteiger partial charge in [0.25, 0.3) is 5.91 Å². The Labute approximate surface area is 172 Å². The lowest BCUT2D eigenvalue weighted by Gasteiger charge is -2.21. The number of carbonyl (C=O) groups excluding carboxylic acids is 2. The second-order valence-electron chi connectivity index (χ2n) is 7.10. The van der Waals surface area contributed by atoms with Gasteiger partial charge in [0.05, 0.1) is 13.5 Å². The Bertz CT molecular complexity index is 829. The Balaban J connectivity index is 1.58. The Morgan fingerprint density at radius 3 is 2.28 bits per heavy atom. The Morgan fingerprint density at radius 2 is 1.69 bits per heavy atom. The zero-order chi connectivity index (χ0) is 20.8. The molecule has 0 spiro atoms. The van der Waals surface area contributed by atoms with Crippen molar-refractivity contribution in [3.8, 4) is 5.75 Å². The number of nitrogens with zero attached hydrogens (tertiary/aromatic N) is 2. The number of nitrogens with one attached hydrogen (secondary N) is 1. The number of benzene rings is 2. The van der Waals surface area contributed by atoms with Gasteiger partial charge < -0.3 is 15.0 Å². The number of carbonyl (C=O) groups is 2. The largest absolute Gasteiger partial charge is 0.497 e. The average Bonchev–Trinajstić information content (AvgIpc) is 3.01. The SMILES string of the molecule is CCN(CC)c1ccc(N[C@H]2CC(=O)N(CCc3ccc(OC)cc3)C2=O)cc1. The van der Waals surface area contributed by atoms with E-state index >= 15 is 0 Å². The second-order valence-corrected chi connectivity index (χ2v) is 7.10. The molecular formula is C23H29N3O3. The van der Waals surface area contributed by atoms with Crippen LogP contribution in [0.15, 0.2) is 48.5 Å². The summed E-state index contributed by atoms with van der Waals surface area (Å²) in [6.07, 6.45) is 0.825. The van der Waals surface area contributed by atoms with Crippen molar-refractivity contribution in [1.29, 1.82) is 0 Å². The highest BCUT2D eigenvalue weighted by Gasteiger charge is 2.38. The summed E-state index contributed by atoms with van der Waals surface area (Å²) in [6, 6.07) is 15.2. The molecule has 154 valence electrons. The first-order valence-electron chi connectivity index (χ1n) is 10.1. The lowest BCUT2D eigenvalue weighted by molar-refractivity contribution is -0.138. The first-order chi connectivity index (χ1) is 14.0. The smallest absolute Gasteiger partial charge is 0.252 e. The number of amides is 2. The minimum absolute atomic E-state index is 0.124. The van der Waals surface area contributed by atoms with Gasteiger partial charge in [0.2, 0.25) is 5.91 Å². The molecule has 0 radical (unpaired) electrons. The second kappa shape index (κ2) is 9.45. The normalized spacial score (nSPS) is 16.2. The fraction of sp³-hybridized carbons (Fsp3) is 0.391. The molecule has 2 aromatic rings. The number of ether oxygens (including phenoxy) is 1. The van der Waals surface area contributed by atoms with Crippen LogP contribution in [0.25, 0.3) is 0 Å². The summed E-state index contributed by atoms with van der Waals surface area (Å²) in [5.41, 5.74) is 3.06. The molecule has 29 heavy (non-hydrogen) atoms. The highest BCUT2D eigenvalue weighted by molar-refractivity contribution is 6.06. The first kappa shape index (κ1) is 20.7. The van der Waals surface area contributed by atoms with E-state index in [1.807, 2.05) is 48.5 Å². The van der Waals surface area contributed by atoms with Gasteiger partial charge in [-0.2, -0.15) is 0 Å². The summed E-state index contributed by atoms with van der Waals surface area (Å²) < 4.78 is 5.16. The van der Waals surface area contributed by atoms with Gasteiger partial charge in [-0.1, -0.05) is 12.1 Å². The van der Waals surface area contributed by atoms with E-state index in [0.29, 0.717) is 13.0 Å². The zero-order valence-electron chi connectivity index (χ0n) is 17.4. The third-order valence-corrected chi connectivity index (χ3v) is 5.36. The van der Waals surface area contributed by atoms with Gasteiger partial charge in [0.1, 0.15) is 11.8 Å². The van der Waals surface area contributed by atoms with Gasteiger partial charge >= 0.3 is 0 Å². The van der Waals surface area contributed by atoms with Crippen molar-refractivity contribution in [2.24, 2.45) is 0 Å². The molecule has 1 atom stereocenters. The molecule has 3 rings (SSSR count). The van der Waals surface area contributed by atoms with Crippen molar-refractivity contribution in [1.82, 2.24) is 4.90 Å². The molecule has 0 saturated carbocycles. The molecule has 0 bridgehead atoms. The molecule has 0 aromatic heterocycles. The van der Waals surface area contributed by atoms with E-state index in [-0.39, 0.29) is 18.2 Å². The predicted octanol–water partition coefficient (Wildman–Crippen LogP) is 3.32. The van der Waals surface area contributed by atoms with Gasteiger partial charge in [-0.25, -0.2) is 0 Å². The minimum atomic E-state index is -0.502. The van der Waals surface area contributed by atoms with Crippen LogP contribution in [0, 0.1) is 0 Å². The Kier molecular flexibility index (Phi) is 6.75. The number of anilines is 2. The molecule has 6 nitrogen and oxygen atoms in total. The van der Waals surface area contributed by atoms with Crippen LogP contribution in [0.2, 0.25) is 0 Å². The number of methoxy groups -OCH3 is 1. The van der Waals surface area contributed by atoms with E-state index in [2.05, 4.69) is 24.1 Å². The van der Waals surface area contributed by atoms with Crippen LogP contribution in [-0.4, -0.2) is 49.5 Å². The molecule has 1 aliphatic heterocycles. The number of likely N-dealkylation sites (tertiary alicyclic amines) is 1. The number of hydrogen-bond donors (Lipinski definition) is 1. The van der Waals surface area contributed by atoms with E-state index in [1.54, 1.807) is 7.11 Å². The van der Waals surface area contributed by atoms with Gasteiger partial charge in [0, 0.05) is 31.0 Å². The van der Waals surface area contributed by atoms with Gasteiger partial charge in [-0.3, -0.25) is 14.5 Å². The van der Waals surface area contributed by atoms with E-state index in [1.165, 1.54) is 4.90 Å². The summed E-state index contributed by atoms with van der Waals surface area (Å²) in [6.45, 7) is 6.53. The third-order valence-electron chi connectivity index (χ3n) is 5.36. The van der Waals surface area contributed by atoms with Crippen molar-refractivity contribution >= 4 is 23.2 Å². The van der Waals surface area contributed by atoms with Crippen LogP contribution in [0.1, 0.15) is 25.8 Å². The topological polar surface area (TPSA) is 61.9 Å². The zero-order valence-corrected chi connectivity index (χ0v) is 17.4. The third kappa shape index (κ3) is 4.88. The molecule has 1 fully saturated rings. The van der Waals surface area contributed by atoms with E-state index < -0.39 is 6.04 Å². The lowest BCUT2D eigenvalue weighted by Crippen LogP contribution is -2.36. The fourth-order valence-corrected chi connectivity index (χ4v) is 3.62. The number of imide groups is 1. The maximum atomic E-state index is 12.7. The first-order valence-corrected chi connectivity index (χ1v) is 10.1. The van der Waals surface area contributed by atoms with Crippen molar-refractivity contribution in [2.45, 2.75) is 32.7 Å². The maximum absolute atomic E-state index is 12.7. The van der Waals surface area contributed by atoms with Crippen LogP contribution in [0.3, 0.4) is 0 Å². The Hall–Kier alpha value is -3.02. The summed E-state index contributed by atoms with van der Waals surface area (Å²) in [7, 11) is 1.63. The van der Waals surface area contributed by atoms with Crippen molar-refractivity contribution in [2.75, 3.05) is 37.0 Å². The van der Waals surface area contributed by atoms with Crippen LogP contribution in [0.4, 0.5) is 11.4 Å². The predicted molar refractivity (Wildman–Crippen MR) is 115 cm³/mol. The van der Waals surface area contributed by atoms with Crippen LogP contribution in [-0.2, 0) is 16.0 Å². The molecule has 1 aliphatic rings. The molecule has 0 unspecified atom stereocenters. The fourth-order valence-electron chi connectivity index (χ4n) is 3.62. The Morgan fingerprint density at radius 1 is 1.03 bits per heavy atom. The molecule has 1 heterocycles. The molecule has 2 aromatic carbocycles. The summed E-state index contributed by atoms with van der Waals surface area (Å²) in [5.74, 6) is 0.510. The number of hydrogen-bond acceptors (Lipinski definition) is 5. The molecule has 2 amide bonds. The summed E-state index contributed by atoms with van der Waals surface area (Å²) >= 11 is 0. The van der Waals surface area contributed by atoms with E-state index in [9.17, 15) is 9.59 Å². The quantitative estimate of drug-likeness (QED) is 0.660. The van der Waals surface area contributed by atoms with Crippen LogP contribution < -0.4 is 15.0 Å². The number of rotatable bonds is 9. The van der Waals surface area contributed by atoms with Gasteiger partial charge in [-0.05, 0) is 62.2 Å². The molecule has 0 aliphatic carbocycles. The maximum Gasteiger partial charge on any atom is 0.252 e. The molecule has 6 heteroatoms. The van der Waals surface area contributed by atoms with Gasteiger partial charge in [-0.15, -0.1) is 0 Å². The van der Waals surface area contributed by atoms with E-state index in [0.717, 1.165) is 35.8 Å². The van der Waals surface area contributed by atoms with E-state index in [4.69, 9.17) is 4.74 Å². The van der Waals surface area contributed by atoms with Crippen molar-refractivity contribution in [3.05, 3.63) is 54.1 Å². The standard InChI is InChI=1S/C23H29N3O3/c1-4-25(5-2)19-10-8-18(9-11-19)24-21-16-22(27)26(23(21)28)15-14-17-6-12-20(29-3)13-7-17/h6-13,21,24H,4-5,14-16H2,1-3H3/t21-/m0/s1. The highest BCUT2D eigenvalue weighted by Crippen LogP contribution is 2.22. The summed E-state index contributed by atoms with van der Waals surface area (Å²) in [5, 5.41) is 3.22. The lowest BCUT2D eigenvalue weighted by atomic mass is 10.1. The van der Waals surface area contributed by atoms with Crippen molar-refractivity contribution in [3.63, 3.8) is 0 Å². The van der Waals surface area contributed by atoms with Crippen LogP contribution in [0.5, 0.6) is 5.75 Å².